The van der Waals surface area contributed by atoms with Gasteiger partial charge in [0.05, 0.1) is 11.5 Å². The van der Waals surface area contributed by atoms with Gasteiger partial charge >= 0.3 is 0 Å². The monoisotopic (exact) mass is 392 g/mol. The van der Waals surface area contributed by atoms with Crippen LogP contribution in [-0.2, 0) is 0 Å². The molecule has 2 fully saturated rings. The lowest BCUT2D eigenvalue weighted by molar-refractivity contribution is 0.0601. The van der Waals surface area contributed by atoms with E-state index >= 15 is 0 Å². The first-order valence-corrected chi connectivity index (χ1v) is 9.64. The number of halogens is 1. The minimum Gasteiger partial charge on any atom is -0.337 e. The molecule has 27 heavy (non-hydrogen) atoms. The van der Waals surface area contributed by atoms with E-state index in [0.717, 1.165) is 50.8 Å². The SMILES string of the molecule is CCC1(C#N)CCCN(C(=O)c2c(C)ccn(C3CCNCC3)c2=O)C1.Cl. The molecule has 1 aromatic rings. The summed E-state index contributed by atoms with van der Waals surface area (Å²) in [7, 11) is 0. The number of hydrogen-bond acceptors (Lipinski definition) is 4. The van der Waals surface area contributed by atoms with Gasteiger partial charge < -0.3 is 14.8 Å². The highest BCUT2D eigenvalue weighted by atomic mass is 35.5. The Balaban J connectivity index is 0.00000261. The lowest BCUT2D eigenvalue weighted by Crippen LogP contribution is -2.47. The Kier molecular flexibility index (Phi) is 7.07. The molecule has 1 atom stereocenters. The number of nitriles is 1. The number of carbonyl (C=O) groups is 1. The molecular formula is C20H29ClN4O2. The molecule has 3 heterocycles. The Labute approximate surface area is 167 Å². The molecule has 0 bridgehead atoms. The van der Waals surface area contributed by atoms with E-state index in [1.165, 1.54) is 0 Å². The first-order valence-electron chi connectivity index (χ1n) is 9.64. The maximum Gasteiger partial charge on any atom is 0.263 e. The molecule has 1 unspecified atom stereocenters. The highest BCUT2D eigenvalue weighted by Crippen LogP contribution is 2.33. The van der Waals surface area contributed by atoms with E-state index in [1.54, 1.807) is 9.47 Å². The second-order valence-electron chi connectivity index (χ2n) is 7.64. The van der Waals surface area contributed by atoms with Crippen molar-refractivity contribution in [2.24, 2.45) is 5.41 Å². The number of likely N-dealkylation sites (tertiary alicyclic amines) is 1. The number of aromatic nitrogens is 1. The number of piperidine rings is 2. The summed E-state index contributed by atoms with van der Waals surface area (Å²) in [6.45, 7) is 6.63. The van der Waals surface area contributed by atoms with Gasteiger partial charge in [-0.25, -0.2) is 0 Å². The molecule has 148 valence electrons. The Morgan fingerprint density at radius 1 is 1.41 bits per heavy atom. The second-order valence-corrected chi connectivity index (χ2v) is 7.64. The molecule has 6 nitrogen and oxygen atoms in total. The summed E-state index contributed by atoms with van der Waals surface area (Å²) in [6, 6.07) is 4.43. The van der Waals surface area contributed by atoms with Gasteiger partial charge in [0.2, 0.25) is 0 Å². The number of amides is 1. The second kappa shape index (κ2) is 8.90. The van der Waals surface area contributed by atoms with Crippen LogP contribution in [0.5, 0.6) is 0 Å². The van der Waals surface area contributed by atoms with Crippen LogP contribution in [0, 0.1) is 23.7 Å². The third-order valence-corrected chi connectivity index (χ3v) is 6.02. The van der Waals surface area contributed by atoms with Gasteiger partial charge in [0.1, 0.15) is 5.56 Å². The van der Waals surface area contributed by atoms with Crippen LogP contribution in [0.25, 0.3) is 0 Å². The fraction of sp³-hybridized carbons (Fsp3) is 0.650. The summed E-state index contributed by atoms with van der Waals surface area (Å²) in [6.07, 6.45) is 5.96. The third-order valence-electron chi connectivity index (χ3n) is 6.02. The minimum atomic E-state index is -0.481. The summed E-state index contributed by atoms with van der Waals surface area (Å²) in [5, 5.41) is 12.9. The van der Waals surface area contributed by atoms with Gasteiger partial charge in [-0.2, -0.15) is 5.26 Å². The third kappa shape index (κ3) is 4.20. The number of hydrogen-bond donors (Lipinski definition) is 1. The number of pyridine rings is 1. The summed E-state index contributed by atoms with van der Waals surface area (Å²) in [4.78, 5) is 28.0. The van der Waals surface area contributed by atoms with Crippen LogP contribution in [-0.4, -0.2) is 41.6 Å². The van der Waals surface area contributed by atoms with E-state index in [9.17, 15) is 14.9 Å². The summed E-state index contributed by atoms with van der Waals surface area (Å²) >= 11 is 0. The van der Waals surface area contributed by atoms with E-state index in [-0.39, 0.29) is 35.5 Å². The molecule has 7 heteroatoms. The van der Waals surface area contributed by atoms with Crippen LogP contribution < -0.4 is 10.9 Å². The largest absolute Gasteiger partial charge is 0.337 e. The fourth-order valence-electron chi connectivity index (χ4n) is 4.20. The molecule has 0 spiro atoms. The molecule has 2 aliphatic rings. The van der Waals surface area contributed by atoms with Crippen LogP contribution >= 0.6 is 12.4 Å². The number of aryl methyl sites for hydroxylation is 1. The van der Waals surface area contributed by atoms with Crippen LogP contribution in [0.15, 0.2) is 17.1 Å². The molecular weight excluding hydrogens is 364 g/mol. The Morgan fingerprint density at radius 3 is 2.74 bits per heavy atom. The number of nitrogens with one attached hydrogen (secondary N) is 1. The maximum atomic E-state index is 13.2. The summed E-state index contributed by atoms with van der Waals surface area (Å²) in [5.41, 5.74) is 0.321. The van der Waals surface area contributed by atoms with Gasteiger partial charge in [-0.3, -0.25) is 9.59 Å². The molecule has 2 aliphatic heterocycles. The highest BCUT2D eigenvalue weighted by molar-refractivity contribution is 5.95. The summed E-state index contributed by atoms with van der Waals surface area (Å²) < 4.78 is 1.74. The van der Waals surface area contributed by atoms with Crippen molar-refractivity contribution in [3.8, 4) is 6.07 Å². The standard InChI is InChI=1S/C20H28N4O2.ClH/c1-3-20(13-21)8-4-11-23(14-20)18(25)17-15(2)7-12-24(19(17)26)16-5-9-22-10-6-16;/h7,12,16,22H,3-6,8-11,14H2,1-2H3;1H. The van der Waals surface area contributed by atoms with Gasteiger partial charge in [-0.1, -0.05) is 6.92 Å². The smallest absolute Gasteiger partial charge is 0.263 e. The van der Waals surface area contributed by atoms with Crippen molar-refractivity contribution in [3.63, 3.8) is 0 Å². The van der Waals surface area contributed by atoms with E-state index in [0.29, 0.717) is 13.1 Å². The zero-order valence-electron chi connectivity index (χ0n) is 16.2. The average molecular weight is 393 g/mol. The summed E-state index contributed by atoms with van der Waals surface area (Å²) in [5.74, 6) is -0.219. The van der Waals surface area contributed by atoms with E-state index < -0.39 is 5.41 Å². The van der Waals surface area contributed by atoms with Crippen molar-refractivity contribution in [3.05, 3.63) is 33.7 Å². The van der Waals surface area contributed by atoms with Crippen molar-refractivity contribution < 1.29 is 4.79 Å². The quantitative estimate of drug-likeness (QED) is 0.857. The van der Waals surface area contributed by atoms with E-state index in [1.807, 2.05) is 26.1 Å². The van der Waals surface area contributed by atoms with Gasteiger partial charge in [-0.15, -0.1) is 12.4 Å². The molecule has 0 radical (unpaired) electrons. The van der Waals surface area contributed by atoms with Crippen molar-refractivity contribution in [2.45, 2.75) is 52.0 Å². The molecule has 1 amide bonds. The zero-order valence-corrected chi connectivity index (χ0v) is 17.0. The number of rotatable bonds is 3. The molecule has 2 saturated heterocycles. The van der Waals surface area contributed by atoms with E-state index in [4.69, 9.17) is 0 Å². The number of nitrogens with zero attached hydrogens (tertiary/aromatic N) is 3. The minimum absolute atomic E-state index is 0. The molecule has 3 rings (SSSR count). The zero-order chi connectivity index (χ0) is 18.7. The molecule has 0 aliphatic carbocycles. The lowest BCUT2D eigenvalue weighted by atomic mass is 9.79. The first kappa shape index (κ1) is 21.5. The van der Waals surface area contributed by atoms with Crippen LogP contribution in [0.4, 0.5) is 0 Å². The van der Waals surface area contributed by atoms with Gasteiger partial charge in [0, 0.05) is 25.3 Å². The fourth-order valence-corrected chi connectivity index (χ4v) is 4.20. The van der Waals surface area contributed by atoms with E-state index in [2.05, 4.69) is 11.4 Å². The van der Waals surface area contributed by atoms with Crippen molar-refractivity contribution in [1.82, 2.24) is 14.8 Å². The average Bonchev–Trinajstić information content (AvgIpc) is 2.68. The van der Waals surface area contributed by atoms with Crippen LogP contribution in [0.3, 0.4) is 0 Å². The first-order chi connectivity index (χ1) is 12.5. The highest BCUT2D eigenvalue weighted by Gasteiger charge is 2.37. The molecule has 0 aromatic carbocycles. The Hall–Kier alpha value is -1.84. The molecule has 1 aromatic heterocycles. The molecule has 0 saturated carbocycles. The van der Waals surface area contributed by atoms with Crippen LogP contribution in [0.2, 0.25) is 0 Å². The maximum absolute atomic E-state index is 13.2. The van der Waals surface area contributed by atoms with Crippen molar-refractivity contribution in [1.29, 1.82) is 5.26 Å². The Morgan fingerprint density at radius 2 is 2.11 bits per heavy atom. The van der Waals surface area contributed by atoms with Crippen molar-refractivity contribution >= 4 is 18.3 Å². The van der Waals surface area contributed by atoms with Gasteiger partial charge in [0.25, 0.3) is 11.5 Å². The topological polar surface area (TPSA) is 78.1 Å². The van der Waals surface area contributed by atoms with Crippen LogP contribution in [0.1, 0.15) is 61.0 Å². The van der Waals surface area contributed by atoms with Gasteiger partial charge in [0.15, 0.2) is 0 Å². The predicted octanol–water partition coefficient (Wildman–Crippen LogP) is 2.66. The Bertz CT molecular complexity index is 779. The number of carbonyl (C=O) groups excluding carboxylic acids is 1. The van der Waals surface area contributed by atoms with Gasteiger partial charge in [-0.05, 0) is 63.7 Å². The normalized spacial score (nSPS) is 23.4. The molecule has 1 N–H and O–H groups in total. The van der Waals surface area contributed by atoms with Crippen molar-refractivity contribution in [2.75, 3.05) is 26.2 Å². The predicted molar refractivity (Wildman–Crippen MR) is 107 cm³/mol. The lowest BCUT2D eigenvalue weighted by Gasteiger charge is -2.38.